The van der Waals surface area contributed by atoms with E-state index in [1.54, 1.807) is 35.2 Å². The Morgan fingerprint density at radius 1 is 0.947 bits per heavy atom. The molecule has 0 aromatic heterocycles. The number of hydrogen-bond donors (Lipinski definition) is 0. The second-order valence-corrected chi connectivity index (χ2v) is 10.5. The van der Waals surface area contributed by atoms with Gasteiger partial charge in [0.25, 0.3) is 5.91 Å². The smallest absolute Gasteiger partial charge is 0.253 e. The second-order valence-electron chi connectivity index (χ2n) is 10.1. The Hall–Kier alpha value is -3.80. The molecule has 4 aromatic rings. The van der Waals surface area contributed by atoms with Gasteiger partial charge in [-0.3, -0.25) is 14.5 Å². The van der Waals surface area contributed by atoms with Crippen molar-refractivity contribution in [3.8, 4) is 0 Å². The third-order valence-electron chi connectivity index (χ3n) is 7.97. The van der Waals surface area contributed by atoms with Gasteiger partial charge in [-0.1, -0.05) is 84.4 Å². The fourth-order valence-electron chi connectivity index (χ4n) is 6.34. The molecular formula is C32H26ClFN2O2. The first-order valence-corrected chi connectivity index (χ1v) is 13.0. The van der Waals surface area contributed by atoms with E-state index in [4.69, 9.17) is 11.6 Å². The Morgan fingerprint density at radius 3 is 2.39 bits per heavy atom. The number of nitrogens with zero attached hydrogens (tertiary/aromatic N) is 2. The van der Waals surface area contributed by atoms with E-state index >= 15 is 0 Å². The maximum atomic E-state index is 14.7. The predicted octanol–water partition coefficient (Wildman–Crippen LogP) is 6.45. The number of rotatable bonds is 5. The SMILES string of the molecule is CN1C[C@@H](c2ccc(F)cc2)C(C(=O)c2ccccc2)[C@]12C(=O)N(Cc1cccc(Cl)c1)c1ccccc12. The maximum Gasteiger partial charge on any atom is 0.253 e. The molecule has 190 valence electrons. The lowest BCUT2D eigenvalue weighted by Crippen LogP contribution is -2.53. The van der Waals surface area contributed by atoms with Crippen LogP contribution in [0.1, 0.15) is 33.0 Å². The van der Waals surface area contributed by atoms with E-state index in [0.717, 1.165) is 22.4 Å². The summed E-state index contributed by atoms with van der Waals surface area (Å²) in [6.45, 7) is 0.805. The number of benzene rings is 4. The summed E-state index contributed by atoms with van der Waals surface area (Å²) in [5.41, 5.74) is 2.69. The second kappa shape index (κ2) is 9.50. The minimum absolute atomic E-state index is 0.1000. The van der Waals surface area contributed by atoms with Crippen LogP contribution in [0.2, 0.25) is 5.02 Å². The normalized spacial score (nSPS) is 22.7. The molecule has 1 amide bonds. The molecule has 2 heterocycles. The number of anilines is 1. The molecule has 38 heavy (non-hydrogen) atoms. The molecule has 1 unspecified atom stereocenters. The number of fused-ring (bicyclic) bond motifs is 2. The maximum absolute atomic E-state index is 14.7. The predicted molar refractivity (Wildman–Crippen MR) is 147 cm³/mol. The van der Waals surface area contributed by atoms with Crippen molar-refractivity contribution in [2.24, 2.45) is 5.92 Å². The number of Topliss-reactive ketones (excluding diaryl/α,β-unsaturated/α-hetero) is 1. The molecule has 1 fully saturated rings. The van der Waals surface area contributed by atoms with E-state index in [1.165, 1.54) is 12.1 Å². The molecule has 0 radical (unpaired) electrons. The third kappa shape index (κ3) is 3.77. The largest absolute Gasteiger partial charge is 0.306 e. The number of carbonyl (C=O) groups excluding carboxylic acids is 2. The van der Waals surface area contributed by atoms with Crippen molar-refractivity contribution >= 4 is 29.0 Å². The molecule has 1 saturated heterocycles. The van der Waals surface area contributed by atoms with Crippen LogP contribution in [-0.4, -0.2) is 30.2 Å². The standard InChI is InChI=1S/C32H26ClFN2O2/c1-35-20-26(22-14-16-25(34)17-15-22)29(30(37)23-9-3-2-4-10-23)32(35)27-12-5-6-13-28(27)36(31(32)38)19-21-8-7-11-24(33)18-21/h2-18,26,29H,19-20H2,1H3/t26-,29?,32+/m0/s1. The number of halogens is 2. The molecule has 2 aliphatic rings. The van der Waals surface area contributed by atoms with E-state index < -0.39 is 11.5 Å². The summed E-state index contributed by atoms with van der Waals surface area (Å²) in [5, 5.41) is 0.601. The molecule has 6 rings (SSSR count). The van der Waals surface area contributed by atoms with Crippen molar-refractivity contribution in [1.82, 2.24) is 4.90 Å². The highest BCUT2D eigenvalue weighted by atomic mass is 35.5. The van der Waals surface area contributed by atoms with Gasteiger partial charge in [-0.15, -0.1) is 0 Å². The number of carbonyl (C=O) groups is 2. The van der Waals surface area contributed by atoms with Crippen molar-refractivity contribution in [2.75, 3.05) is 18.5 Å². The molecule has 4 aromatic carbocycles. The van der Waals surface area contributed by atoms with Crippen LogP contribution in [0.3, 0.4) is 0 Å². The average Bonchev–Trinajstić information content (AvgIpc) is 3.37. The summed E-state index contributed by atoms with van der Waals surface area (Å²) in [5.74, 6) is -1.59. The van der Waals surface area contributed by atoms with E-state index in [0.29, 0.717) is 23.7 Å². The summed E-state index contributed by atoms with van der Waals surface area (Å²) in [6, 6.07) is 30.6. The highest BCUT2D eigenvalue weighted by Gasteiger charge is 2.66. The lowest BCUT2D eigenvalue weighted by molar-refractivity contribution is -0.129. The Morgan fingerprint density at radius 2 is 1.66 bits per heavy atom. The third-order valence-corrected chi connectivity index (χ3v) is 8.21. The van der Waals surface area contributed by atoms with Crippen molar-refractivity contribution in [2.45, 2.75) is 18.0 Å². The topological polar surface area (TPSA) is 40.6 Å². The molecule has 4 nitrogen and oxygen atoms in total. The summed E-state index contributed by atoms with van der Waals surface area (Å²) in [7, 11) is 1.91. The quantitative estimate of drug-likeness (QED) is 0.282. The van der Waals surface area contributed by atoms with Gasteiger partial charge in [0.05, 0.1) is 12.5 Å². The van der Waals surface area contributed by atoms with Gasteiger partial charge in [0.2, 0.25) is 0 Å². The fourth-order valence-corrected chi connectivity index (χ4v) is 6.55. The lowest BCUT2D eigenvalue weighted by atomic mass is 9.70. The van der Waals surface area contributed by atoms with Crippen LogP contribution in [0.5, 0.6) is 0 Å². The van der Waals surface area contributed by atoms with Gasteiger partial charge in [0, 0.05) is 34.3 Å². The molecule has 6 heteroatoms. The molecule has 3 atom stereocenters. The molecule has 0 aliphatic carbocycles. The van der Waals surface area contributed by atoms with E-state index in [2.05, 4.69) is 0 Å². The monoisotopic (exact) mass is 524 g/mol. The minimum Gasteiger partial charge on any atom is -0.306 e. The first-order chi connectivity index (χ1) is 18.4. The van der Waals surface area contributed by atoms with E-state index in [9.17, 15) is 14.0 Å². The zero-order valence-electron chi connectivity index (χ0n) is 20.9. The number of hydrogen-bond acceptors (Lipinski definition) is 3. The molecule has 0 saturated carbocycles. The Kier molecular flexibility index (Phi) is 6.13. The van der Waals surface area contributed by atoms with Crippen molar-refractivity contribution < 1.29 is 14.0 Å². The average molecular weight is 525 g/mol. The van der Waals surface area contributed by atoms with Crippen LogP contribution < -0.4 is 4.90 Å². The summed E-state index contributed by atoms with van der Waals surface area (Å²) in [6.07, 6.45) is 0. The van der Waals surface area contributed by atoms with Gasteiger partial charge in [-0.25, -0.2) is 4.39 Å². The number of para-hydroxylation sites is 1. The first kappa shape index (κ1) is 24.5. The van der Waals surface area contributed by atoms with Gasteiger partial charge in [0.1, 0.15) is 11.4 Å². The van der Waals surface area contributed by atoms with Crippen LogP contribution in [0.4, 0.5) is 10.1 Å². The Balaban J connectivity index is 1.54. The van der Waals surface area contributed by atoms with Crippen LogP contribution in [0.25, 0.3) is 0 Å². The van der Waals surface area contributed by atoms with Gasteiger partial charge in [-0.2, -0.15) is 0 Å². The van der Waals surface area contributed by atoms with E-state index in [1.807, 2.05) is 72.6 Å². The molecular weight excluding hydrogens is 499 g/mol. The minimum atomic E-state index is -1.21. The zero-order chi connectivity index (χ0) is 26.4. The van der Waals surface area contributed by atoms with Gasteiger partial charge >= 0.3 is 0 Å². The zero-order valence-corrected chi connectivity index (χ0v) is 21.6. The van der Waals surface area contributed by atoms with Crippen LogP contribution in [0.15, 0.2) is 103 Å². The molecule has 2 aliphatic heterocycles. The highest BCUT2D eigenvalue weighted by molar-refractivity contribution is 6.30. The highest BCUT2D eigenvalue weighted by Crippen LogP contribution is 2.57. The Bertz CT molecular complexity index is 1520. The van der Waals surface area contributed by atoms with E-state index in [-0.39, 0.29) is 23.4 Å². The molecule has 1 spiro atoms. The van der Waals surface area contributed by atoms with Gasteiger partial charge in [0.15, 0.2) is 5.78 Å². The van der Waals surface area contributed by atoms with Crippen LogP contribution in [0, 0.1) is 11.7 Å². The lowest BCUT2D eigenvalue weighted by Gasteiger charge is -2.36. The van der Waals surface area contributed by atoms with Gasteiger partial charge in [-0.05, 0) is 48.5 Å². The fraction of sp³-hybridized carbons (Fsp3) is 0.188. The number of amides is 1. The van der Waals surface area contributed by atoms with Crippen LogP contribution in [-0.2, 0) is 16.9 Å². The molecule has 0 N–H and O–H groups in total. The summed E-state index contributed by atoms with van der Waals surface area (Å²) < 4.78 is 13.9. The van der Waals surface area contributed by atoms with Crippen molar-refractivity contribution in [3.63, 3.8) is 0 Å². The Labute approximate surface area is 226 Å². The molecule has 0 bridgehead atoms. The number of likely N-dealkylation sites (N-methyl/N-ethyl adjacent to an activating group) is 1. The number of ketones is 1. The summed E-state index contributed by atoms with van der Waals surface area (Å²) >= 11 is 6.26. The number of likely N-dealkylation sites (tertiary alicyclic amines) is 1. The van der Waals surface area contributed by atoms with Crippen LogP contribution >= 0.6 is 11.6 Å². The first-order valence-electron chi connectivity index (χ1n) is 12.6. The van der Waals surface area contributed by atoms with Gasteiger partial charge < -0.3 is 4.90 Å². The van der Waals surface area contributed by atoms with Crippen molar-refractivity contribution in [1.29, 1.82) is 0 Å². The summed E-state index contributed by atoms with van der Waals surface area (Å²) in [4.78, 5) is 32.9. The van der Waals surface area contributed by atoms with Crippen molar-refractivity contribution in [3.05, 3.63) is 136 Å².